The van der Waals surface area contributed by atoms with Crippen LogP contribution in [0.3, 0.4) is 0 Å². The molecule has 0 radical (unpaired) electrons. The second kappa shape index (κ2) is 9.32. The predicted molar refractivity (Wildman–Crippen MR) is 123 cm³/mol. The van der Waals surface area contributed by atoms with E-state index in [0.717, 1.165) is 38.2 Å². The second-order valence-corrected chi connectivity index (χ2v) is 9.37. The Balaban J connectivity index is 1.33. The number of thioether (sulfide) groups is 1. The van der Waals surface area contributed by atoms with Crippen LogP contribution in [-0.2, 0) is 17.9 Å². The molecule has 1 amide bonds. The van der Waals surface area contributed by atoms with E-state index in [1.54, 1.807) is 4.57 Å². The van der Waals surface area contributed by atoms with Gasteiger partial charge in [-0.3, -0.25) is 19.1 Å². The quantitative estimate of drug-likeness (QED) is 0.433. The Labute approximate surface area is 184 Å². The molecule has 3 heterocycles. The number of benzene rings is 1. The van der Waals surface area contributed by atoms with E-state index in [-0.39, 0.29) is 11.5 Å². The third kappa shape index (κ3) is 4.61. The number of amides is 1. The summed E-state index contributed by atoms with van der Waals surface area (Å²) in [6.45, 7) is 8.75. The van der Waals surface area contributed by atoms with E-state index >= 15 is 0 Å². The Hall–Kier alpha value is -2.16. The third-order valence-electron chi connectivity index (χ3n) is 5.39. The van der Waals surface area contributed by atoms with Crippen molar-refractivity contribution in [1.29, 1.82) is 0 Å². The molecule has 2 aromatic heterocycles. The summed E-state index contributed by atoms with van der Waals surface area (Å²) in [7, 11) is 0. The first-order chi connectivity index (χ1) is 14.5. The molecule has 0 N–H and O–H groups in total. The van der Waals surface area contributed by atoms with E-state index in [4.69, 9.17) is 0 Å². The highest BCUT2D eigenvalue weighted by Crippen LogP contribution is 2.21. The summed E-state index contributed by atoms with van der Waals surface area (Å²) in [6.07, 6.45) is 0. The lowest BCUT2D eigenvalue weighted by Crippen LogP contribution is -2.48. The second-order valence-electron chi connectivity index (χ2n) is 7.51. The summed E-state index contributed by atoms with van der Waals surface area (Å²) in [5.41, 5.74) is 3.29. The largest absolute Gasteiger partial charge is 0.339 e. The summed E-state index contributed by atoms with van der Waals surface area (Å²) in [6, 6.07) is 10.4. The molecule has 4 rings (SSSR count). The Bertz CT molecular complexity index is 1100. The van der Waals surface area contributed by atoms with Gasteiger partial charge in [0.2, 0.25) is 5.91 Å². The van der Waals surface area contributed by atoms with Crippen molar-refractivity contribution in [3.8, 4) is 0 Å². The van der Waals surface area contributed by atoms with Crippen LogP contribution in [0.15, 0.2) is 45.7 Å². The molecule has 1 aliphatic heterocycles. The van der Waals surface area contributed by atoms with Gasteiger partial charge in [0.1, 0.15) is 4.70 Å². The van der Waals surface area contributed by atoms with Crippen molar-refractivity contribution in [2.75, 3.05) is 31.9 Å². The maximum Gasteiger partial charge on any atom is 0.272 e. The minimum Gasteiger partial charge on any atom is -0.339 e. The smallest absolute Gasteiger partial charge is 0.272 e. The molecule has 8 heteroatoms. The van der Waals surface area contributed by atoms with Gasteiger partial charge in [0.05, 0.1) is 11.3 Å². The number of aromatic nitrogens is 2. The van der Waals surface area contributed by atoms with Crippen LogP contribution in [-0.4, -0.2) is 57.2 Å². The maximum atomic E-state index is 12.8. The SMILES string of the molecule is CCn1c(SCC(=O)N2CCN(Cc3cccc(C)c3)CC2)nc2ccsc2c1=O. The van der Waals surface area contributed by atoms with Crippen LogP contribution in [0.25, 0.3) is 10.2 Å². The number of piperazine rings is 1. The minimum absolute atomic E-state index is 0.0165. The average Bonchev–Trinajstić information content (AvgIpc) is 3.22. The fraction of sp³-hybridized carbons (Fsp3) is 0.409. The number of nitrogens with zero attached hydrogens (tertiary/aromatic N) is 4. The Kier molecular flexibility index (Phi) is 6.55. The van der Waals surface area contributed by atoms with Gasteiger partial charge in [-0.05, 0) is 30.9 Å². The van der Waals surface area contributed by atoms with Gasteiger partial charge in [0, 0.05) is 39.3 Å². The van der Waals surface area contributed by atoms with E-state index < -0.39 is 0 Å². The van der Waals surface area contributed by atoms with Crippen LogP contribution in [0.5, 0.6) is 0 Å². The number of fused-ring (bicyclic) bond motifs is 1. The van der Waals surface area contributed by atoms with Crippen LogP contribution in [0.2, 0.25) is 0 Å². The van der Waals surface area contributed by atoms with E-state index in [0.29, 0.717) is 22.2 Å². The number of aryl methyl sites for hydroxylation is 1. The van der Waals surface area contributed by atoms with Crippen molar-refractivity contribution in [3.63, 3.8) is 0 Å². The van der Waals surface area contributed by atoms with Crippen LogP contribution >= 0.6 is 23.1 Å². The van der Waals surface area contributed by atoms with Gasteiger partial charge >= 0.3 is 0 Å². The zero-order chi connectivity index (χ0) is 21.1. The standard InChI is InChI=1S/C22H26N4O2S2/c1-3-26-21(28)20-18(7-12-29-20)23-22(26)30-15-19(27)25-10-8-24(9-11-25)14-17-6-4-5-16(2)13-17/h4-7,12-13H,3,8-11,14-15H2,1-2H3. The normalized spacial score (nSPS) is 15.1. The molecule has 158 valence electrons. The molecule has 0 aliphatic carbocycles. The number of thiophene rings is 1. The topological polar surface area (TPSA) is 58.4 Å². The fourth-order valence-electron chi connectivity index (χ4n) is 3.75. The lowest BCUT2D eigenvalue weighted by atomic mass is 10.1. The number of hydrogen-bond donors (Lipinski definition) is 0. The van der Waals surface area contributed by atoms with Crippen molar-refractivity contribution in [2.24, 2.45) is 0 Å². The van der Waals surface area contributed by atoms with Crippen molar-refractivity contribution in [3.05, 3.63) is 57.2 Å². The molecular formula is C22H26N4O2S2. The highest BCUT2D eigenvalue weighted by molar-refractivity contribution is 7.99. The molecule has 1 fully saturated rings. The van der Waals surface area contributed by atoms with E-state index in [9.17, 15) is 9.59 Å². The van der Waals surface area contributed by atoms with E-state index in [2.05, 4.69) is 41.1 Å². The molecular weight excluding hydrogens is 416 g/mol. The van der Waals surface area contributed by atoms with Gasteiger partial charge in [-0.15, -0.1) is 11.3 Å². The van der Waals surface area contributed by atoms with Gasteiger partial charge < -0.3 is 4.90 Å². The van der Waals surface area contributed by atoms with Crippen LogP contribution in [0.1, 0.15) is 18.1 Å². The van der Waals surface area contributed by atoms with Gasteiger partial charge in [-0.25, -0.2) is 4.98 Å². The summed E-state index contributed by atoms with van der Waals surface area (Å²) in [5, 5.41) is 2.51. The highest BCUT2D eigenvalue weighted by atomic mass is 32.2. The summed E-state index contributed by atoms with van der Waals surface area (Å²) in [5.74, 6) is 0.414. The van der Waals surface area contributed by atoms with Crippen molar-refractivity contribution in [2.45, 2.75) is 32.1 Å². The molecule has 6 nitrogen and oxygen atoms in total. The molecule has 1 aliphatic rings. The third-order valence-corrected chi connectivity index (χ3v) is 7.24. The molecule has 3 aromatic rings. The summed E-state index contributed by atoms with van der Waals surface area (Å²) >= 11 is 2.78. The number of carbonyl (C=O) groups is 1. The molecule has 0 bridgehead atoms. The van der Waals surface area contributed by atoms with Gasteiger partial charge in [0.15, 0.2) is 5.16 Å². The first-order valence-corrected chi connectivity index (χ1v) is 12.1. The van der Waals surface area contributed by atoms with Crippen LogP contribution in [0, 0.1) is 6.92 Å². The zero-order valence-corrected chi connectivity index (χ0v) is 19.0. The predicted octanol–water partition coefficient (Wildman–Crippen LogP) is 3.22. The number of rotatable bonds is 6. The number of hydrogen-bond acceptors (Lipinski definition) is 6. The molecule has 0 atom stereocenters. The maximum absolute atomic E-state index is 12.8. The summed E-state index contributed by atoms with van der Waals surface area (Å²) < 4.78 is 2.34. The van der Waals surface area contributed by atoms with Crippen LogP contribution in [0.4, 0.5) is 0 Å². The Morgan fingerprint density at radius 2 is 2.00 bits per heavy atom. The average molecular weight is 443 g/mol. The lowest BCUT2D eigenvalue weighted by molar-refractivity contribution is -0.130. The molecule has 1 aromatic carbocycles. The molecule has 0 saturated carbocycles. The molecule has 30 heavy (non-hydrogen) atoms. The first-order valence-electron chi connectivity index (χ1n) is 10.2. The van der Waals surface area contributed by atoms with E-state index in [1.807, 2.05) is 23.3 Å². The lowest BCUT2D eigenvalue weighted by Gasteiger charge is -2.34. The van der Waals surface area contributed by atoms with Crippen molar-refractivity contribution < 1.29 is 4.79 Å². The first kappa shape index (κ1) is 21.1. The molecule has 1 saturated heterocycles. The fourth-order valence-corrected chi connectivity index (χ4v) is 5.50. The van der Waals surface area contributed by atoms with Crippen molar-refractivity contribution in [1.82, 2.24) is 19.4 Å². The van der Waals surface area contributed by atoms with Gasteiger partial charge in [0.25, 0.3) is 5.56 Å². The highest BCUT2D eigenvalue weighted by Gasteiger charge is 2.22. The summed E-state index contributed by atoms with van der Waals surface area (Å²) in [4.78, 5) is 34.3. The Morgan fingerprint density at radius 3 is 2.73 bits per heavy atom. The number of carbonyl (C=O) groups excluding carboxylic acids is 1. The Morgan fingerprint density at radius 1 is 1.20 bits per heavy atom. The van der Waals surface area contributed by atoms with Crippen molar-refractivity contribution >= 4 is 39.2 Å². The molecule has 0 spiro atoms. The van der Waals surface area contributed by atoms with Crippen LogP contribution < -0.4 is 5.56 Å². The van der Waals surface area contributed by atoms with Gasteiger partial charge in [-0.2, -0.15) is 0 Å². The zero-order valence-electron chi connectivity index (χ0n) is 17.3. The van der Waals surface area contributed by atoms with E-state index in [1.165, 1.54) is 34.2 Å². The molecule has 0 unspecified atom stereocenters. The minimum atomic E-state index is -0.0165. The monoisotopic (exact) mass is 442 g/mol. The van der Waals surface area contributed by atoms with Gasteiger partial charge in [-0.1, -0.05) is 41.6 Å².